The Kier molecular flexibility index (Phi) is 8.86. The molecule has 0 spiro atoms. The van der Waals surface area contributed by atoms with E-state index in [1.807, 2.05) is 0 Å². The number of nitrogens with one attached hydrogen (secondary N) is 2. The van der Waals surface area contributed by atoms with Crippen LogP contribution in [0.5, 0.6) is 0 Å². The van der Waals surface area contributed by atoms with Gasteiger partial charge in [-0.3, -0.25) is 4.79 Å². The van der Waals surface area contributed by atoms with Crippen LogP contribution in [0.3, 0.4) is 0 Å². The highest BCUT2D eigenvalue weighted by atomic mass is 16.1. The summed E-state index contributed by atoms with van der Waals surface area (Å²) in [6.45, 7) is 6.93. The maximum absolute atomic E-state index is 11.7. The molecular formula is C16H33N3O. The molecule has 0 aromatic carbocycles. The number of amides is 1. The van der Waals surface area contributed by atoms with E-state index in [0.29, 0.717) is 6.42 Å². The van der Waals surface area contributed by atoms with Gasteiger partial charge in [0, 0.05) is 25.0 Å². The van der Waals surface area contributed by atoms with Gasteiger partial charge in [0.2, 0.25) is 5.91 Å². The van der Waals surface area contributed by atoms with E-state index in [1.54, 1.807) is 0 Å². The summed E-state index contributed by atoms with van der Waals surface area (Å²) in [5, 5.41) is 6.28. The van der Waals surface area contributed by atoms with E-state index in [9.17, 15) is 4.79 Å². The Morgan fingerprint density at radius 2 is 2.00 bits per heavy atom. The fourth-order valence-corrected chi connectivity index (χ4v) is 3.03. The lowest BCUT2D eigenvalue weighted by Crippen LogP contribution is -2.37. The lowest BCUT2D eigenvalue weighted by atomic mass is 9.94. The monoisotopic (exact) mass is 283 g/mol. The van der Waals surface area contributed by atoms with E-state index in [1.165, 1.54) is 32.1 Å². The Hall–Kier alpha value is -0.610. The first-order valence-corrected chi connectivity index (χ1v) is 8.33. The van der Waals surface area contributed by atoms with Crippen molar-refractivity contribution in [3.63, 3.8) is 0 Å². The Morgan fingerprint density at radius 3 is 2.65 bits per heavy atom. The minimum Gasteiger partial charge on any atom is -0.356 e. The van der Waals surface area contributed by atoms with Gasteiger partial charge in [0.25, 0.3) is 0 Å². The van der Waals surface area contributed by atoms with E-state index in [-0.39, 0.29) is 11.9 Å². The van der Waals surface area contributed by atoms with Gasteiger partial charge in [0.05, 0.1) is 0 Å². The molecule has 4 nitrogen and oxygen atoms in total. The summed E-state index contributed by atoms with van der Waals surface area (Å²) in [5.74, 6) is 0.166. The minimum absolute atomic E-state index is 0.166. The van der Waals surface area contributed by atoms with Crippen LogP contribution < -0.4 is 10.6 Å². The van der Waals surface area contributed by atoms with Crippen LogP contribution in [0.4, 0.5) is 0 Å². The number of hydrogen-bond donors (Lipinski definition) is 2. The van der Waals surface area contributed by atoms with Crippen LogP contribution in [-0.4, -0.2) is 49.6 Å². The standard InChI is InChI=1S/C16H33N3O/c1-4-17-14(2)13-16(20)18-11-8-12-19(3)15-9-6-5-7-10-15/h14-15,17H,4-13H2,1-3H3,(H,18,20). The molecule has 20 heavy (non-hydrogen) atoms. The van der Waals surface area contributed by atoms with E-state index < -0.39 is 0 Å². The van der Waals surface area contributed by atoms with Gasteiger partial charge in [-0.15, -0.1) is 0 Å². The molecule has 1 aliphatic rings. The van der Waals surface area contributed by atoms with Crippen LogP contribution >= 0.6 is 0 Å². The maximum Gasteiger partial charge on any atom is 0.221 e. The Balaban J connectivity index is 2.04. The molecule has 4 heteroatoms. The van der Waals surface area contributed by atoms with Crippen molar-refractivity contribution in [1.82, 2.24) is 15.5 Å². The third-order valence-corrected chi connectivity index (χ3v) is 4.25. The van der Waals surface area contributed by atoms with Crippen molar-refractivity contribution in [2.24, 2.45) is 0 Å². The first-order valence-electron chi connectivity index (χ1n) is 8.33. The lowest BCUT2D eigenvalue weighted by Gasteiger charge is -2.31. The van der Waals surface area contributed by atoms with Crippen LogP contribution in [0.15, 0.2) is 0 Å². The zero-order valence-corrected chi connectivity index (χ0v) is 13.6. The van der Waals surface area contributed by atoms with E-state index >= 15 is 0 Å². The van der Waals surface area contributed by atoms with Crippen LogP contribution in [0, 0.1) is 0 Å². The Bertz CT molecular complexity index is 264. The van der Waals surface area contributed by atoms with Gasteiger partial charge in [-0.2, -0.15) is 0 Å². The summed E-state index contributed by atoms with van der Waals surface area (Å²) < 4.78 is 0. The van der Waals surface area contributed by atoms with Gasteiger partial charge < -0.3 is 15.5 Å². The second-order valence-electron chi connectivity index (χ2n) is 6.14. The average Bonchev–Trinajstić information content (AvgIpc) is 2.44. The molecule has 0 aromatic heterocycles. The summed E-state index contributed by atoms with van der Waals surface area (Å²) in [5.41, 5.74) is 0. The number of carbonyl (C=O) groups excluding carboxylic acids is 1. The van der Waals surface area contributed by atoms with Crippen molar-refractivity contribution in [1.29, 1.82) is 0 Å². The predicted octanol–water partition coefficient (Wildman–Crippen LogP) is 2.15. The number of carbonyl (C=O) groups is 1. The summed E-state index contributed by atoms with van der Waals surface area (Å²) in [7, 11) is 2.23. The van der Waals surface area contributed by atoms with Crippen LogP contribution in [0.25, 0.3) is 0 Å². The summed E-state index contributed by atoms with van der Waals surface area (Å²) in [6.07, 6.45) is 8.50. The summed E-state index contributed by atoms with van der Waals surface area (Å²) in [6, 6.07) is 1.04. The summed E-state index contributed by atoms with van der Waals surface area (Å²) in [4.78, 5) is 14.2. The molecule has 2 N–H and O–H groups in total. The summed E-state index contributed by atoms with van der Waals surface area (Å²) >= 11 is 0. The fraction of sp³-hybridized carbons (Fsp3) is 0.938. The number of hydrogen-bond acceptors (Lipinski definition) is 3. The van der Waals surface area contributed by atoms with Gasteiger partial charge >= 0.3 is 0 Å². The number of rotatable bonds is 9. The van der Waals surface area contributed by atoms with Crippen LogP contribution in [0.1, 0.15) is 58.8 Å². The molecule has 1 rings (SSSR count). The highest BCUT2D eigenvalue weighted by molar-refractivity contribution is 5.76. The molecule has 0 bridgehead atoms. The SMILES string of the molecule is CCNC(C)CC(=O)NCCCN(C)C1CCCCC1. The average molecular weight is 283 g/mol. The first-order chi connectivity index (χ1) is 9.63. The van der Waals surface area contributed by atoms with Gasteiger partial charge in [0.15, 0.2) is 0 Å². The molecule has 1 amide bonds. The molecule has 1 fully saturated rings. The maximum atomic E-state index is 11.7. The minimum atomic E-state index is 0.166. The fourth-order valence-electron chi connectivity index (χ4n) is 3.03. The molecule has 1 atom stereocenters. The molecule has 0 aromatic rings. The molecular weight excluding hydrogens is 250 g/mol. The van der Waals surface area contributed by atoms with Crippen LogP contribution in [0.2, 0.25) is 0 Å². The van der Waals surface area contributed by atoms with Crippen molar-refractivity contribution < 1.29 is 4.79 Å². The van der Waals surface area contributed by atoms with Crippen molar-refractivity contribution in [2.75, 3.05) is 26.7 Å². The van der Waals surface area contributed by atoms with Gasteiger partial charge in [-0.1, -0.05) is 26.2 Å². The predicted molar refractivity (Wildman–Crippen MR) is 84.9 cm³/mol. The quantitative estimate of drug-likeness (QED) is 0.637. The Morgan fingerprint density at radius 1 is 1.30 bits per heavy atom. The van der Waals surface area contributed by atoms with Crippen LogP contribution in [-0.2, 0) is 4.79 Å². The molecule has 1 saturated carbocycles. The molecule has 0 aliphatic heterocycles. The third kappa shape index (κ3) is 7.25. The van der Waals surface area contributed by atoms with Gasteiger partial charge in [-0.25, -0.2) is 0 Å². The molecule has 0 heterocycles. The molecule has 1 aliphatic carbocycles. The molecule has 1 unspecified atom stereocenters. The van der Waals surface area contributed by atoms with E-state index in [0.717, 1.165) is 32.1 Å². The van der Waals surface area contributed by atoms with E-state index in [2.05, 4.69) is 36.4 Å². The zero-order chi connectivity index (χ0) is 14.8. The Labute approximate surface area is 124 Å². The normalized spacial score (nSPS) is 18.2. The number of nitrogens with zero attached hydrogens (tertiary/aromatic N) is 1. The van der Waals surface area contributed by atoms with Crippen molar-refractivity contribution >= 4 is 5.91 Å². The van der Waals surface area contributed by atoms with Gasteiger partial charge in [0.1, 0.15) is 0 Å². The molecule has 118 valence electrons. The zero-order valence-electron chi connectivity index (χ0n) is 13.6. The first kappa shape index (κ1) is 17.4. The van der Waals surface area contributed by atoms with Crippen molar-refractivity contribution in [3.05, 3.63) is 0 Å². The highest BCUT2D eigenvalue weighted by Gasteiger charge is 2.17. The van der Waals surface area contributed by atoms with Crippen molar-refractivity contribution in [3.8, 4) is 0 Å². The van der Waals surface area contributed by atoms with Crippen molar-refractivity contribution in [2.45, 2.75) is 70.9 Å². The molecule has 0 radical (unpaired) electrons. The lowest BCUT2D eigenvalue weighted by molar-refractivity contribution is -0.121. The third-order valence-electron chi connectivity index (χ3n) is 4.25. The topological polar surface area (TPSA) is 44.4 Å². The second kappa shape index (κ2) is 10.2. The van der Waals surface area contributed by atoms with E-state index in [4.69, 9.17) is 0 Å². The smallest absolute Gasteiger partial charge is 0.221 e. The largest absolute Gasteiger partial charge is 0.356 e. The second-order valence-corrected chi connectivity index (χ2v) is 6.14. The highest BCUT2D eigenvalue weighted by Crippen LogP contribution is 2.21. The molecule has 0 saturated heterocycles. The van der Waals surface area contributed by atoms with Gasteiger partial charge in [-0.05, 0) is 46.3 Å².